The summed E-state index contributed by atoms with van der Waals surface area (Å²) in [7, 11) is 0. The molecule has 0 aliphatic carbocycles. The minimum absolute atomic E-state index is 0.323. The highest BCUT2D eigenvalue weighted by atomic mass is 79.9. The van der Waals surface area contributed by atoms with Crippen LogP contribution in [-0.4, -0.2) is 9.30 Å². The number of rotatable bonds is 5. The molecule has 0 aliphatic heterocycles. The van der Waals surface area contributed by atoms with Crippen molar-refractivity contribution in [3.63, 3.8) is 0 Å². The molecule has 1 aromatic rings. The Morgan fingerprint density at radius 2 is 2.00 bits per heavy atom. The molecule has 0 saturated carbocycles. The standard InChI is InChI=1S/C15H21BrFNOS/c1-6-9-15(5,18-20(19)14(2,3)4)12-10-11(16)7-8-13(12)17/h6-8,10,18H,1,9H2,2-5H3/t15-,20+/m0/s1. The Kier molecular flexibility index (Phi) is 5.84. The van der Waals surface area contributed by atoms with E-state index in [2.05, 4.69) is 27.2 Å². The first-order valence-electron chi connectivity index (χ1n) is 6.36. The molecule has 5 heteroatoms. The van der Waals surface area contributed by atoms with Crippen molar-refractivity contribution in [3.8, 4) is 0 Å². The highest BCUT2D eigenvalue weighted by molar-refractivity contribution is 9.10. The quantitative estimate of drug-likeness (QED) is 0.621. The van der Waals surface area contributed by atoms with Crippen molar-refractivity contribution in [2.24, 2.45) is 0 Å². The number of hydrogen-bond acceptors (Lipinski definition) is 2. The average molecular weight is 362 g/mol. The van der Waals surface area contributed by atoms with Gasteiger partial charge in [-0.25, -0.2) is 4.39 Å². The molecule has 0 saturated heterocycles. The van der Waals surface area contributed by atoms with Gasteiger partial charge in [-0.3, -0.25) is 0 Å². The first-order chi connectivity index (χ1) is 9.10. The third-order valence-corrected chi connectivity index (χ3v) is 5.19. The fourth-order valence-electron chi connectivity index (χ4n) is 1.77. The average Bonchev–Trinajstić information content (AvgIpc) is 2.31. The highest BCUT2D eigenvalue weighted by Gasteiger charge is 2.37. The van der Waals surface area contributed by atoms with E-state index in [1.54, 1.807) is 18.2 Å². The molecule has 0 aliphatic rings. The number of hydrogen-bond donors (Lipinski definition) is 1. The van der Waals surface area contributed by atoms with Gasteiger partial charge < -0.3 is 4.55 Å². The molecule has 0 heterocycles. The maximum atomic E-state index is 14.1. The minimum Gasteiger partial charge on any atom is -0.598 e. The van der Waals surface area contributed by atoms with E-state index < -0.39 is 21.6 Å². The maximum Gasteiger partial charge on any atom is 0.136 e. The number of halogens is 2. The van der Waals surface area contributed by atoms with Gasteiger partial charge in [0.05, 0.1) is 5.54 Å². The zero-order chi connectivity index (χ0) is 15.6. The van der Waals surface area contributed by atoms with Crippen molar-refractivity contribution >= 4 is 27.3 Å². The van der Waals surface area contributed by atoms with Gasteiger partial charge in [0.2, 0.25) is 0 Å². The molecule has 0 bridgehead atoms. The van der Waals surface area contributed by atoms with E-state index in [0.29, 0.717) is 12.0 Å². The van der Waals surface area contributed by atoms with Crippen LogP contribution in [-0.2, 0) is 16.9 Å². The van der Waals surface area contributed by atoms with E-state index in [9.17, 15) is 8.94 Å². The Morgan fingerprint density at radius 3 is 2.50 bits per heavy atom. The first-order valence-corrected chi connectivity index (χ1v) is 8.30. The Morgan fingerprint density at radius 1 is 1.40 bits per heavy atom. The van der Waals surface area contributed by atoms with Crippen LogP contribution < -0.4 is 4.72 Å². The molecule has 0 unspecified atom stereocenters. The molecule has 2 nitrogen and oxygen atoms in total. The Labute approximate surface area is 132 Å². The summed E-state index contributed by atoms with van der Waals surface area (Å²) in [5.74, 6) is -0.323. The third kappa shape index (κ3) is 4.32. The van der Waals surface area contributed by atoms with E-state index in [4.69, 9.17) is 0 Å². The van der Waals surface area contributed by atoms with Crippen LogP contribution in [0.5, 0.6) is 0 Å². The Balaban J connectivity index is 3.20. The van der Waals surface area contributed by atoms with Gasteiger partial charge in [0.25, 0.3) is 0 Å². The topological polar surface area (TPSA) is 35.1 Å². The normalized spacial score (nSPS) is 16.6. The summed E-state index contributed by atoms with van der Waals surface area (Å²) in [6.45, 7) is 11.2. The van der Waals surface area contributed by atoms with Gasteiger partial charge >= 0.3 is 0 Å². The van der Waals surface area contributed by atoms with Crippen LogP contribution in [0.25, 0.3) is 0 Å². The lowest BCUT2D eigenvalue weighted by Gasteiger charge is -2.35. The van der Waals surface area contributed by atoms with Crippen LogP contribution in [0, 0.1) is 5.82 Å². The zero-order valence-corrected chi connectivity index (χ0v) is 14.7. The molecule has 0 radical (unpaired) electrons. The van der Waals surface area contributed by atoms with Crippen molar-refractivity contribution in [2.45, 2.75) is 44.4 Å². The van der Waals surface area contributed by atoms with Gasteiger partial charge in [-0.15, -0.1) is 11.3 Å². The van der Waals surface area contributed by atoms with E-state index in [-0.39, 0.29) is 5.82 Å². The molecular formula is C15H21BrFNOS. The molecule has 0 spiro atoms. The second kappa shape index (κ2) is 6.60. The van der Waals surface area contributed by atoms with Crippen LogP contribution >= 0.6 is 15.9 Å². The SMILES string of the molecule is C=CC[C@](C)(N[S@+]([O-])C(C)(C)C)c1cc(Br)ccc1F. The summed E-state index contributed by atoms with van der Waals surface area (Å²) < 4.78 is 29.9. The smallest absolute Gasteiger partial charge is 0.136 e. The lowest BCUT2D eigenvalue weighted by molar-refractivity contribution is 0.406. The van der Waals surface area contributed by atoms with Crippen LogP contribution in [0.15, 0.2) is 35.3 Å². The van der Waals surface area contributed by atoms with Crippen molar-refractivity contribution in [1.29, 1.82) is 0 Å². The third-order valence-electron chi connectivity index (χ3n) is 2.95. The van der Waals surface area contributed by atoms with Gasteiger partial charge in [-0.05, 0) is 52.3 Å². The molecule has 1 N–H and O–H groups in total. The lowest BCUT2D eigenvalue weighted by Crippen LogP contribution is -2.50. The van der Waals surface area contributed by atoms with Gasteiger partial charge in [0.15, 0.2) is 0 Å². The summed E-state index contributed by atoms with van der Waals surface area (Å²) in [5.41, 5.74) is -0.294. The molecule has 0 fully saturated rings. The predicted molar refractivity (Wildman–Crippen MR) is 87.3 cm³/mol. The molecular weight excluding hydrogens is 341 g/mol. The van der Waals surface area contributed by atoms with Crippen molar-refractivity contribution in [3.05, 3.63) is 46.7 Å². The van der Waals surface area contributed by atoms with Crippen molar-refractivity contribution in [1.82, 2.24) is 4.72 Å². The molecule has 1 rings (SSSR count). The summed E-state index contributed by atoms with van der Waals surface area (Å²) >= 11 is 2.05. The summed E-state index contributed by atoms with van der Waals surface area (Å²) in [6.07, 6.45) is 2.18. The summed E-state index contributed by atoms with van der Waals surface area (Å²) in [5, 5.41) is 0. The van der Waals surface area contributed by atoms with Crippen LogP contribution in [0.4, 0.5) is 4.39 Å². The number of benzene rings is 1. The van der Waals surface area contributed by atoms with E-state index in [0.717, 1.165) is 4.47 Å². The minimum atomic E-state index is -1.30. The second-order valence-corrected chi connectivity index (χ2v) is 8.81. The largest absolute Gasteiger partial charge is 0.598 e. The van der Waals surface area contributed by atoms with Crippen LogP contribution in [0.3, 0.4) is 0 Å². The molecule has 112 valence electrons. The van der Waals surface area contributed by atoms with E-state index in [1.807, 2.05) is 27.7 Å². The monoisotopic (exact) mass is 361 g/mol. The molecule has 1 aromatic carbocycles. The highest BCUT2D eigenvalue weighted by Crippen LogP contribution is 2.32. The molecule has 0 amide bonds. The molecule has 0 aromatic heterocycles. The Hall–Kier alpha value is -0.360. The van der Waals surface area contributed by atoms with Crippen molar-refractivity contribution in [2.75, 3.05) is 0 Å². The zero-order valence-electron chi connectivity index (χ0n) is 12.3. The first kappa shape index (κ1) is 17.7. The maximum absolute atomic E-state index is 14.1. The lowest BCUT2D eigenvalue weighted by atomic mass is 9.89. The fraction of sp³-hybridized carbons (Fsp3) is 0.467. The second-order valence-electron chi connectivity index (χ2n) is 5.93. The van der Waals surface area contributed by atoms with Gasteiger partial charge in [-0.2, -0.15) is 0 Å². The Bertz CT molecular complexity index is 489. The van der Waals surface area contributed by atoms with Crippen LogP contribution in [0.1, 0.15) is 39.7 Å². The summed E-state index contributed by atoms with van der Waals surface area (Å²) in [6, 6.07) is 4.77. The summed E-state index contributed by atoms with van der Waals surface area (Å²) in [4.78, 5) is 0. The van der Waals surface area contributed by atoms with E-state index in [1.165, 1.54) is 6.07 Å². The molecule has 20 heavy (non-hydrogen) atoms. The van der Waals surface area contributed by atoms with E-state index >= 15 is 0 Å². The van der Waals surface area contributed by atoms with Crippen LogP contribution in [0.2, 0.25) is 0 Å². The van der Waals surface area contributed by atoms with Gasteiger partial charge in [-0.1, -0.05) is 22.0 Å². The fourth-order valence-corrected chi connectivity index (χ4v) is 3.04. The predicted octanol–water partition coefficient (Wildman–Crippen LogP) is 4.43. The molecule has 2 atom stereocenters. The van der Waals surface area contributed by atoms with Gasteiger partial charge in [0, 0.05) is 21.4 Å². The van der Waals surface area contributed by atoms with Crippen molar-refractivity contribution < 1.29 is 8.94 Å². The van der Waals surface area contributed by atoms with Gasteiger partial charge in [0.1, 0.15) is 10.6 Å². The number of nitrogens with one attached hydrogen (secondary N) is 1.